The Bertz CT molecular complexity index is 260. The van der Waals surface area contributed by atoms with Crippen LogP contribution in [0.4, 0.5) is 10.1 Å². The van der Waals surface area contributed by atoms with E-state index >= 15 is 0 Å². The van der Waals surface area contributed by atoms with Gasteiger partial charge in [-0.1, -0.05) is 32.4 Å². The normalized spacial score (nSPS) is 12.5. The largest absolute Gasteiger partial charge is 0.382 e. The Morgan fingerprint density at radius 1 is 1.38 bits per heavy atom. The summed E-state index contributed by atoms with van der Waals surface area (Å²) in [5.74, 6) is 0.408. The molecule has 2 heteroatoms. The highest BCUT2D eigenvalue weighted by atomic mass is 19.1. The van der Waals surface area contributed by atoms with Crippen molar-refractivity contribution in [3.8, 4) is 0 Å². The second-order valence-corrected chi connectivity index (χ2v) is 3.37. The molecule has 0 saturated carbocycles. The van der Waals surface area contributed by atoms with Crippen LogP contribution in [0.5, 0.6) is 0 Å². The summed E-state index contributed by atoms with van der Waals surface area (Å²) in [5, 5.41) is 3.09. The van der Waals surface area contributed by atoms with Gasteiger partial charge in [-0.3, -0.25) is 0 Å². The maximum atomic E-state index is 13.1. The molecule has 1 aromatic carbocycles. The molecule has 0 unspecified atom stereocenters. The number of nitrogens with one attached hydrogen (secondary N) is 1. The molecule has 0 spiro atoms. The van der Waals surface area contributed by atoms with Gasteiger partial charge in [0.25, 0.3) is 0 Å². The second kappa shape index (κ2) is 4.85. The number of benzene rings is 1. The van der Waals surface area contributed by atoms with Crippen molar-refractivity contribution < 1.29 is 4.39 Å². The minimum absolute atomic E-state index is 0.175. The highest BCUT2D eigenvalue weighted by molar-refractivity contribution is 5.44. The van der Waals surface area contributed by atoms with Crippen molar-refractivity contribution in [2.24, 2.45) is 5.92 Å². The Morgan fingerprint density at radius 2 is 2.08 bits per heavy atom. The van der Waals surface area contributed by atoms with Crippen LogP contribution >= 0.6 is 0 Å². The number of para-hydroxylation sites is 1. The third-order valence-corrected chi connectivity index (χ3v) is 2.21. The number of rotatable bonds is 4. The lowest BCUT2D eigenvalue weighted by Crippen LogP contribution is -2.10. The van der Waals surface area contributed by atoms with Gasteiger partial charge < -0.3 is 5.32 Å². The van der Waals surface area contributed by atoms with Gasteiger partial charge >= 0.3 is 0 Å². The van der Waals surface area contributed by atoms with E-state index in [2.05, 4.69) is 19.2 Å². The molecule has 1 atom stereocenters. The predicted molar refractivity (Wildman–Crippen MR) is 54.3 cm³/mol. The van der Waals surface area contributed by atoms with Crippen molar-refractivity contribution in [3.05, 3.63) is 30.1 Å². The van der Waals surface area contributed by atoms with Crippen LogP contribution < -0.4 is 5.32 Å². The summed E-state index contributed by atoms with van der Waals surface area (Å²) in [6, 6.07) is 6.77. The number of hydrogen-bond acceptors (Lipinski definition) is 1. The number of halogens is 1. The van der Waals surface area contributed by atoms with E-state index < -0.39 is 0 Å². The van der Waals surface area contributed by atoms with Crippen LogP contribution in [0.1, 0.15) is 20.3 Å². The van der Waals surface area contributed by atoms with E-state index in [9.17, 15) is 4.39 Å². The fraction of sp³-hybridized carbons (Fsp3) is 0.455. The van der Waals surface area contributed by atoms with Crippen LogP contribution in [-0.4, -0.2) is 6.54 Å². The summed E-state index contributed by atoms with van der Waals surface area (Å²) in [7, 11) is 0. The van der Waals surface area contributed by atoms with Crippen LogP contribution in [0.25, 0.3) is 0 Å². The smallest absolute Gasteiger partial charge is 0.146 e. The SMILES string of the molecule is CC[C@@H](C)CNc1ccccc1F. The van der Waals surface area contributed by atoms with Gasteiger partial charge in [-0.25, -0.2) is 4.39 Å². The molecule has 0 bridgehead atoms. The summed E-state index contributed by atoms with van der Waals surface area (Å²) in [5.41, 5.74) is 0.600. The van der Waals surface area contributed by atoms with E-state index in [1.54, 1.807) is 12.1 Å². The molecule has 0 aliphatic heterocycles. The van der Waals surface area contributed by atoms with Crippen molar-refractivity contribution in [1.29, 1.82) is 0 Å². The highest BCUT2D eigenvalue weighted by Gasteiger charge is 2.01. The first kappa shape index (κ1) is 10.0. The van der Waals surface area contributed by atoms with E-state index in [4.69, 9.17) is 0 Å². The first-order valence-corrected chi connectivity index (χ1v) is 4.72. The molecule has 13 heavy (non-hydrogen) atoms. The Kier molecular flexibility index (Phi) is 3.74. The van der Waals surface area contributed by atoms with Crippen molar-refractivity contribution in [1.82, 2.24) is 0 Å². The molecule has 1 aromatic rings. The highest BCUT2D eigenvalue weighted by Crippen LogP contribution is 2.13. The molecule has 72 valence electrons. The fourth-order valence-corrected chi connectivity index (χ4v) is 1.03. The van der Waals surface area contributed by atoms with Gasteiger partial charge in [0.05, 0.1) is 5.69 Å². The number of hydrogen-bond donors (Lipinski definition) is 1. The van der Waals surface area contributed by atoms with Crippen LogP contribution in [0, 0.1) is 11.7 Å². The summed E-state index contributed by atoms with van der Waals surface area (Å²) in [6.45, 7) is 5.11. The van der Waals surface area contributed by atoms with Gasteiger partial charge in [0, 0.05) is 6.54 Å². The monoisotopic (exact) mass is 181 g/mol. The molecule has 0 radical (unpaired) electrons. The minimum Gasteiger partial charge on any atom is -0.382 e. The molecule has 0 saturated heterocycles. The van der Waals surface area contributed by atoms with E-state index in [1.165, 1.54) is 6.07 Å². The van der Waals surface area contributed by atoms with Crippen LogP contribution in [0.3, 0.4) is 0 Å². The van der Waals surface area contributed by atoms with Gasteiger partial charge in [-0.05, 0) is 18.1 Å². The van der Waals surface area contributed by atoms with Crippen molar-refractivity contribution in [3.63, 3.8) is 0 Å². The maximum Gasteiger partial charge on any atom is 0.146 e. The van der Waals surface area contributed by atoms with E-state index in [0.29, 0.717) is 11.6 Å². The molecule has 0 heterocycles. The van der Waals surface area contributed by atoms with Crippen molar-refractivity contribution in [2.45, 2.75) is 20.3 Å². The van der Waals surface area contributed by atoms with Gasteiger partial charge in [-0.15, -0.1) is 0 Å². The van der Waals surface area contributed by atoms with E-state index in [-0.39, 0.29) is 5.82 Å². The van der Waals surface area contributed by atoms with Gasteiger partial charge in [0.2, 0.25) is 0 Å². The predicted octanol–water partition coefficient (Wildman–Crippen LogP) is 3.28. The van der Waals surface area contributed by atoms with Gasteiger partial charge in [0.1, 0.15) is 5.82 Å². The zero-order valence-electron chi connectivity index (χ0n) is 8.18. The summed E-state index contributed by atoms with van der Waals surface area (Å²) in [6.07, 6.45) is 1.11. The average Bonchev–Trinajstić information content (AvgIpc) is 2.16. The van der Waals surface area contributed by atoms with E-state index in [1.807, 2.05) is 6.07 Å². The zero-order chi connectivity index (χ0) is 9.68. The van der Waals surface area contributed by atoms with Gasteiger partial charge in [0.15, 0.2) is 0 Å². The summed E-state index contributed by atoms with van der Waals surface area (Å²) < 4.78 is 13.1. The molecule has 0 aromatic heterocycles. The van der Waals surface area contributed by atoms with Crippen molar-refractivity contribution in [2.75, 3.05) is 11.9 Å². The summed E-state index contributed by atoms with van der Waals surface area (Å²) in [4.78, 5) is 0. The molecule has 0 amide bonds. The minimum atomic E-state index is -0.175. The Labute approximate surface area is 79.0 Å². The first-order valence-electron chi connectivity index (χ1n) is 4.72. The molecule has 0 aliphatic rings. The Balaban J connectivity index is 2.50. The van der Waals surface area contributed by atoms with Gasteiger partial charge in [-0.2, -0.15) is 0 Å². The molecule has 0 fully saturated rings. The van der Waals surface area contributed by atoms with Crippen LogP contribution in [0.15, 0.2) is 24.3 Å². The molecule has 1 nitrogen and oxygen atoms in total. The van der Waals surface area contributed by atoms with Crippen LogP contribution in [-0.2, 0) is 0 Å². The third kappa shape index (κ3) is 3.05. The maximum absolute atomic E-state index is 13.1. The topological polar surface area (TPSA) is 12.0 Å². The molecular formula is C11H16FN. The molecule has 0 aliphatic carbocycles. The summed E-state index contributed by atoms with van der Waals surface area (Å²) >= 11 is 0. The lowest BCUT2D eigenvalue weighted by Gasteiger charge is -2.11. The molecular weight excluding hydrogens is 165 g/mol. The number of anilines is 1. The van der Waals surface area contributed by atoms with Crippen molar-refractivity contribution >= 4 is 5.69 Å². The fourth-order valence-electron chi connectivity index (χ4n) is 1.03. The average molecular weight is 181 g/mol. The quantitative estimate of drug-likeness (QED) is 0.751. The standard InChI is InChI=1S/C11H16FN/c1-3-9(2)8-13-11-7-5-4-6-10(11)12/h4-7,9,13H,3,8H2,1-2H3/t9-/m1/s1. The zero-order valence-corrected chi connectivity index (χ0v) is 8.18. The molecule has 1 N–H and O–H groups in total. The lowest BCUT2D eigenvalue weighted by atomic mass is 10.1. The van der Waals surface area contributed by atoms with Crippen LogP contribution in [0.2, 0.25) is 0 Å². The van der Waals surface area contributed by atoms with E-state index in [0.717, 1.165) is 13.0 Å². The lowest BCUT2D eigenvalue weighted by molar-refractivity contribution is 0.585. The Morgan fingerprint density at radius 3 is 2.69 bits per heavy atom. The Hall–Kier alpha value is -1.05. The third-order valence-electron chi connectivity index (χ3n) is 2.21. The first-order chi connectivity index (χ1) is 6.24. The second-order valence-electron chi connectivity index (χ2n) is 3.37. The molecule has 1 rings (SSSR count).